The lowest BCUT2D eigenvalue weighted by Gasteiger charge is -2.28. The summed E-state index contributed by atoms with van der Waals surface area (Å²) in [6.45, 7) is 3.75. The molecule has 0 saturated carbocycles. The molecule has 0 atom stereocenters. The Labute approximate surface area is 140 Å². The van der Waals surface area contributed by atoms with E-state index in [1.165, 1.54) is 0 Å². The van der Waals surface area contributed by atoms with Gasteiger partial charge in [-0.15, -0.1) is 0 Å². The van der Waals surface area contributed by atoms with E-state index in [0.29, 0.717) is 47.7 Å². The van der Waals surface area contributed by atoms with E-state index < -0.39 is 0 Å². The summed E-state index contributed by atoms with van der Waals surface area (Å²) >= 11 is 0. The van der Waals surface area contributed by atoms with E-state index in [0.717, 1.165) is 18.7 Å². The maximum atomic E-state index is 12.9. The van der Waals surface area contributed by atoms with Crippen LogP contribution in [0, 0.1) is 0 Å². The number of ketones is 2. The number of anilines is 1. The number of nitrogens with two attached hydrogens (primary N) is 1. The lowest BCUT2D eigenvalue weighted by atomic mass is 9.82. The zero-order chi connectivity index (χ0) is 16.7. The van der Waals surface area contributed by atoms with Crippen molar-refractivity contribution in [2.75, 3.05) is 32.0 Å². The number of ether oxygens (including phenoxy) is 1. The number of carbonyl (C=O) groups excluding carboxylic acids is 2. The van der Waals surface area contributed by atoms with Crippen LogP contribution >= 0.6 is 0 Å². The Morgan fingerprint density at radius 1 is 0.917 bits per heavy atom. The van der Waals surface area contributed by atoms with Gasteiger partial charge in [-0.05, 0) is 11.6 Å². The Bertz CT molecular complexity index is 839. The van der Waals surface area contributed by atoms with Gasteiger partial charge < -0.3 is 10.5 Å². The van der Waals surface area contributed by atoms with E-state index in [1.807, 2.05) is 6.07 Å². The minimum Gasteiger partial charge on any atom is -0.398 e. The molecule has 1 heterocycles. The largest absolute Gasteiger partial charge is 0.398 e. The number of fused-ring (bicyclic) bond motifs is 2. The minimum atomic E-state index is -0.165. The summed E-state index contributed by atoms with van der Waals surface area (Å²) in [5, 5.41) is 0. The molecule has 0 spiro atoms. The molecule has 2 aromatic carbocycles. The first-order valence-corrected chi connectivity index (χ1v) is 8.06. The topological polar surface area (TPSA) is 72.6 Å². The monoisotopic (exact) mass is 322 g/mol. The number of hydrogen-bond donors (Lipinski definition) is 1. The molecule has 1 saturated heterocycles. The maximum absolute atomic E-state index is 12.9. The quantitative estimate of drug-likeness (QED) is 0.729. The molecule has 0 bridgehead atoms. The highest BCUT2D eigenvalue weighted by atomic mass is 16.5. The molecule has 5 nitrogen and oxygen atoms in total. The second-order valence-corrected chi connectivity index (χ2v) is 6.15. The van der Waals surface area contributed by atoms with Crippen LogP contribution in [0.15, 0.2) is 36.4 Å². The highest BCUT2D eigenvalue weighted by molar-refractivity contribution is 6.30. The molecule has 2 aromatic rings. The van der Waals surface area contributed by atoms with Gasteiger partial charge in [0.25, 0.3) is 0 Å². The standard InChI is InChI=1S/C19H18N2O3/c20-17-12(11-21-7-9-24-10-8-21)5-6-15-16(17)19(23)14-4-2-1-3-13(14)18(15)22/h1-6H,7-11,20H2. The van der Waals surface area contributed by atoms with Gasteiger partial charge in [0.15, 0.2) is 11.6 Å². The Kier molecular flexibility index (Phi) is 3.67. The first-order valence-electron chi connectivity index (χ1n) is 8.06. The molecule has 1 aliphatic heterocycles. The third-order valence-electron chi connectivity index (χ3n) is 4.72. The van der Waals surface area contributed by atoms with Gasteiger partial charge in [0, 0.05) is 42.0 Å². The van der Waals surface area contributed by atoms with Gasteiger partial charge in [-0.3, -0.25) is 14.5 Å². The predicted molar refractivity (Wildman–Crippen MR) is 90.3 cm³/mol. The first kappa shape index (κ1) is 15.1. The zero-order valence-electron chi connectivity index (χ0n) is 13.2. The fourth-order valence-corrected chi connectivity index (χ4v) is 3.39. The highest BCUT2D eigenvalue weighted by Gasteiger charge is 2.32. The van der Waals surface area contributed by atoms with Crippen LogP contribution in [0.25, 0.3) is 0 Å². The van der Waals surface area contributed by atoms with E-state index in [1.54, 1.807) is 30.3 Å². The van der Waals surface area contributed by atoms with E-state index in [4.69, 9.17) is 10.5 Å². The number of nitrogen functional groups attached to an aromatic ring is 1. The van der Waals surface area contributed by atoms with Crippen LogP contribution in [0.4, 0.5) is 5.69 Å². The van der Waals surface area contributed by atoms with Crippen LogP contribution in [0.1, 0.15) is 37.4 Å². The van der Waals surface area contributed by atoms with Gasteiger partial charge in [0.05, 0.1) is 18.8 Å². The Morgan fingerprint density at radius 2 is 1.58 bits per heavy atom. The number of hydrogen-bond acceptors (Lipinski definition) is 5. The summed E-state index contributed by atoms with van der Waals surface area (Å²) in [7, 11) is 0. The van der Waals surface area contributed by atoms with Gasteiger partial charge in [-0.1, -0.05) is 30.3 Å². The van der Waals surface area contributed by atoms with Crippen molar-refractivity contribution in [1.29, 1.82) is 0 Å². The van der Waals surface area contributed by atoms with E-state index in [2.05, 4.69) is 4.90 Å². The van der Waals surface area contributed by atoms with Crippen molar-refractivity contribution in [3.05, 3.63) is 64.2 Å². The van der Waals surface area contributed by atoms with Crippen LogP contribution in [0.2, 0.25) is 0 Å². The lowest BCUT2D eigenvalue weighted by molar-refractivity contribution is 0.0342. The molecule has 2 aliphatic rings. The fraction of sp³-hybridized carbons (Fsp3) is 0.263. The molecule has 0 radical (unpaired) electrons. The average molecular weight is 322 g/mol. The van der Waals surface area contributed by atoms with Crippen LogP contribution in [-0.4, -0.2) is 42.8 Å². The summed E-state index contributed by atoms with van der Waals surface area (Å²) in [4.78, 5) is 27.8. The number of carbonyl (C=O) groups is 2. The number of morpholine rings is 1. The zero-order valence-corrected chi connectivity index (χ0v) is 13.2. The molecule has 5 heteroatoms. The van der Waals surface area contributed by atoms with Gasteiger partial charge in [0.2, 0.25) is 0 Å². The second kappa shape index (κ2) is 5.85. The number of nitrogens with zero attached hydrogens (tertiary/aromatic N) is 1. The second-order valence-electron chi connectivity index (χ2n) is 6.15. The van der Waals surface area contributed by atoms with Gasteiger partial charge in [0.1, 0.15) is 0 Å². The van der Waals surface area contributed by atoms with E-state index >= 15 is 0 Å². The van der Waals surface area contributed by atoms with E-state index in [-0.39, 0.29) is 11.6 Å². The summed E-state index contributed by atoms with van der Waals surface area (Å²) in [5.41, 5.74) is 9.25. The van der Waals surface area contributed by atoms with Gasteiger partial charge in [-0.25, -0.2) is 0 Å². The number of benzene rings is 2. The van der Waals surface area contributed by atoms with Crippen LogP contribution < -0.4 is 5.73 Å². The van der Waals surface area contributed by atoms with Crippen LogP contribution in [0.5, 0.6) is 0 Å². The third-order valence-corrected chi connectivity index (χ3v) is 4.72. The fourth-order valence-electron chi connectivity index (χ4n) is 3.39. The Hall–Kier alpha value is -2.50. The lowest BCUT2D eigenvalue weighted by Crippen LogP contribution is -2.36. The maximum Gasteiger partial charge on any atom is 0.196 e. The van der Waals surface area contributed by atoms with Crippen LogP contribution in [0.3, 0.4) is 0 Å². The first-order chi connectivity index (χ1) is 11.7. The smallest absolute Gasteiger partial charge is 0.196 e. The van der Waals surface area contributed by atoms with Gasteiger partial charge >= 0.3 is 0 Å². The van der Waals surface area contributed by atoms with Crippen molar-refractivity contribution in [2.45, 2.75) is 6.54 Å². The Morgan fingerprint density at radius 3 is 2.29 bits per heavy atom. The third kappa shape index (κ3) is 2.33. The number of rotatable bonds is 2. The normalized spacial score (nSPS) is 17.5. The summed E-state index contributed by atoms with van der Waals surface area (Å²) in [6.07, 6.45) is 0. The molecular formula is C19H18N2O3. The molecule has 24 heavy (non-hydrogen) atoms. The van der Waals surface area contributed by atoms with Gasteiger partial charge in [-0.2, -0.15) is 0 Å². The highest BCUT2D eigenvalue weighted by Crippen LogP contribution is 2.33. The predicted octanol–water partition coefficient (Wildman–Crippen LogP) is 1.88. The summed E-state index contributed by atoms with van der Waals surface area (Å²) in [6, 6.07) is 10.5. The molecule has 1 fully saturated rings. The summed E-state index contributed by atoms with van der Waals surface area (Å²) < 4.78 is 5.36. The summed E-state index contributed by atoms with van der Waals surface area (Å²) in [5.74, 6) is -0.300. The Balaban J connectivity index is 1.75. The molecule has 4 rings (SSSR count). The SMILES string of the molecule is Nc1c(CN2CCOCC2)ccc2c1C(=O)c1ccccc1C2=O. The van der Waals surface area contributed by atoms with Crippen molar-refractivity contribution in [3.63, 3.8) is 0 Å². The molecule has 1 aliphatic carbocycles. The molecule has 2 N–H and O–H groups in total. The van der Waals surface area contributed by atoms with Crippen LogP contribution in [-0.2, 0) is 11.3 Å². The van der Waals surface area contributed by atoms with Crippen molar-refractivity contribution in [1.82, 2.24) is 4.90 Å². The van der Waals surface area contributed by atoms with Crippen molar-refractivity contribution >= 4 is 17.3 Å². The van der Waals surface area contributed by atoms with Crippen molar-refractivity contribution in [2.24, 2.45) is 0 Å². The van der Waals surface area contributed by atoms with Crippen molar-refractivity contribution in [3.8, 4) is 0 Å². The molecular weight excluding hydrogens is 304 g/mol. The average Bonchev–Trinajstić information content (AvgIpc) is 2.62. The molecule has 0 aromatic heterocycles. The van der Waals surface area contributed by atoms with E-state index in [9.17, 15) is 9.59 Å². The molecule has 0 unspecified atom stereocenters. The minimum absolute atomic E-state index is 0.134. The molecule has 0 amide bonds. The molecule has 122 valence electrons. The van der Waals surface area contributed by atoms with Crippen molar-refractivity contribution < 1.29 is 14.3 Å².